The molecule has 1 aromatic heterocycles. The molecule has 1 fully saturated rings. The average Bonchev–Trinajstić information content (AvgIpc) is 2.87. The third-order valence-electron chi connectivity index (χ3n) is 3.82. The number of nitrogens with zero attached hydrogens (tertiary/aromatic N) is 2. The van der Waals surface area contributed by atoms with Gasteiger partial charge in [0.15, 0.2) is 0 Å². The first kappa shape index (κ1) is 10.7. The highest BCUT2D eigenvalue weighted by Crippen LogP contribution is 2.51. The molecule has 0 atom stereocenters. The average molecular weight is 207 g/mol. The van der Waals surface area contributed by atoms with E-state index in [4.69, 9.17) is 0 Å². The van der Waals surface area contributed by atoms with Crippen LogP contribution >= 0.6 is 0 Å². The van der Waals surface area contributed by atoms with Gasteiger partial charge in [-0.05, 0) is 30.2 Å². The smallest absolute Gasteiger partial charge is 0.0518 e. The van der Waals surface area contributed by atoms with Crippen molar-refractivity contribution < 1.29 is 0 Å². The summed E-state index contributed by atoms with van der Waals surface area (Å²) in [5.41, 5.74) is 1.85. The van der Waals surface area contributed by atoms with Crippen LogP contribution in [0.1, 0.15) is 32.4 Å². The van der Waals surface area contributed by atoms with E-state index in [1.165, 1.54) is 18.5 Å². The van der Waals surface area contributed by atoms with Gasteiger partial charge in [-0.25, -0.2) is 0 Å². The second-order valence-corrected chi connectivity index (χ2v) is 5.07. The third-order valence-corrected chi connectivity index (χ3v) is 3.82. The van der Waals surface area contributed by atoms with Gasteiger partial charge in [0.25, 0.3) is 0 Å². The van der Waals surface area contributed by atoms with E-state index in [1.807, 2.05) is 17.9 Å². The first-order valence-electron chi connectivity index (χ1n) is 5.82. The van der Waals surface area contributed by atoms with Crippen LogP contribution in [0.3, 0.4) is 0 Å². The van der Waals surface area contributed by atoms with Crippen molar-refractivity contribution in [1.29, 1.82) is 0 Å². The highest BCUT2D eigenvalue weighted by molar-refractivity contribution is 5.01. The number of aryl methyl sites for hydroxylation is 1. The van der Waals surface area contributed by atoms with E-state index in [-0.39, 0.29) is 0 Å². The van der Waals surface area contributed by atoms with Crippen LogP contribution in [-0.2, 0) is 13.6 Å². The second kappa shape index (κ2) is 3.97. The molecule has 1 saturated carbocycles. The molecule has 0 unspecified atom stereocenters. The summed E-state index contributed by atoms with van der Waals surface area (Å²) in [6, 6.07) is 2.07. The van der Waals surface area contributed by atoms with Crippen molar-refractivity contribution >= 4 is 0 Å². The molecule has 1 N–H and O–H groups in total. The summed E-state index contributed by atoms with van der Waals surface area (Å²) in [5, 5.41) is 7.71. The van der Waals surface area contributed by atoms with Crippen LogP contribution in [0.15, 0.2) is 12.3 Å². The Labute approximate surface area is 91.9 Å². The zero-order valence-corrected chi connectivity index (χ0v) is 9.95. The molecule has 3 heteroatoms. The number of aromatic nitrogens is 2. The van der Waals surface area contributed by atoms with Crippen LogP contribution < -0.4 is 5.32 Å². The number of hydrogen-bond acceptors (Lipinski definition) is 2. The van der Waals surface area contributed by atoms with E-state index in [9.17, 15) is 0 Å². The lowest BCUT2D eigenvalue weighted by Gasteiger charge is -2.20. The third kappa shape index (κ3) is 2.23. The number of rotatable bonds is 5. The Kier molecular flexibility index (Phi) is 2.83. The Bertz CT molecular complexity index is 323. The fourth-order valence-corrected chi connectivity index (χ4v) is 2.13. The topological polar surface area (TPSA) is 29.9 Å². The van der Waals surface area contributed by atoms with E-state index in [2.05, 4.69) is 30.3 Å². The zero-order chi connectivity index (χ0) is 10.9. The van der Waals surface area contributed by atoms with Gasteiger partial charge in [-0.2, -0.15) is 5.10 Å². The molecule has 0 aliphatic heterocycles. The van der Waals surface area contributed by atoms with Gasteiger partial charge in [-0.1, -0.05) is 13.8 Å². The largest absolute Gasteiger partial charge is 0.311 e. The van der Waals surface area contributed by atoms with Crippen LogP contribution in [0.4, 0.5) is 0 Å². The molecule has 0 saturated heterocycles. The van der Waals surface area contributed by atoms with Crippen molar-refractivity contribution in [3.8, 4) is 0 Å². The lowest BCUT2D eigenvalue weighted by atomic mass is 9.92. The summed E-state index contributed by atoms with van der Waals surface area (Å²) in [6.45, 7) is 6.75. The highest BCUT2D eigenvalue weighted by Gasteiger charge is 2.44. The zero-order valence-electron chi connectivity index (χ0n) is 9.95. The molecule has 15 heavy (non-hydrogen) atoms. The van der Waals surface area contributed by atoms with E-state index in [1.54, 1.807) is 0 Å². The van der Waals surface area contributed by atoms with E-state index in [0.717, 1.165) is 19.0 Å². The highest BCUT2D eigenvalue weighted by atomic mass is 15.3. The lowest BCUT2D eigenvalue weighted by molar-refractivity contribution is 0.336. The lowest BCUT2D eigenvalue weighted by Crippen LogP contribution is -2.27. The van der Waals surface area contributed by atoms with Crippen molar-refractivity contribution in [3.63, 3.8) is 0 Å². The van der Waals surface area contributed by atoms with Gasteiger partial charge in [-0.3, -0.25) is 4.68 Å². The number of nitrogens with one attached hydrogen (secondary N) is 1. The predicted octanol–water partition coefficient (Wildman–Crippen LogP) is 1.95. The molecule has 0 spiro atoms. The van der Waals surface area contributed by atoms with Crippen LogP contribution in [0.25, 0.3) is 0 Å². The molecule has 1 aliphatic rings. The first-order chi connectivity index (χ1) is 7.14. The van der Waals surface area contributed by atoms with Gasteiger partial charge in [0.05, 0.1) is 5.69 Å². The fraction of sp³-hybridized carbons (Fsp3) is 0.750. The molecular weight excluding hydrogens is 186 g/mol. The van der Waals surface area contributed by atoms with Crippen LogP contribution in [0.5, 0.6) is 0 Å². The minimum Gasteiger partial charge on any atom is -0.311 e. The van der Waals surface area contributed by atoms with Gasteiger partial charge >= 0.3 is 0 Å². The Morgan fingerprint density at radius 1 is 1.53 bits per heavy atom. The molecule has 0 aromatic carbocycles. The molecule has 0 radical (unpaired) electrons. The monoisotopic (exact) mass is 207 g/mol. The maximum Gasteiger partial charge on any atom is 0.0518 e. The molecule has 3 nitrogen and oxygen atoms in total. The Morgan fingerprint density at radius 2 is 2.27 bits per heavy atom. The molecule has 2 rings (SSSR count). The minimum absolute atomic E-state index is 0.596. The molecule has 1 aliphatic carbocycles. The summed E-state index contributed by atoms with van der Waals surface area (Å²) in [5.74, 6) is 0.802. The molecule has 0 bridgehead atoms. The Balaban J connectivity index is 1.78. The summed E-state index contributed by atoms with van der Waals surface area (Å²) in [6.07, 6.45) is 4.64. The maximum absolute atomic E-state index is 4.16. The molecular formula is C12H21N3. The van der Waals surface area contributed by atoms with Crippen molar-refractivity contribution in [3.05, 3.63) is 18.0 Å². The minimum atomic E-state index is 0.596. The second-order valence-electron chi connectivity index (χ2n) is 5.07. The van der Waals surface area contributed by atoms with Gasteiger partial charge in [0, 0.05) is 26.3 Å². The SMILES string of the molecule is CC(C)C1(CNCc2ccnn2C)CC1. The van der Waals surface area contributed by atoms with Crippen LogP contribution in [0.2, 0.25) is 0 Å². The molecule has 1 aromatic rings. The molecule has 0 amide bonds. The maximum atomic E-state index is 4.16. The Morgan fingerprint density at radius 3 is 2.73 bits per heavy atom. The van der Waals surface area contributed by atoms with Crippen molar-refractivity contribution in [2.45, 2.75) is 33.2 Å². The molecule has 1 heterocycles. The normalized spacial score (nSPS) is 18.4. The van der Waals surface area contributed by atoms with Crippen molar-refractivity contribution in [1.82, 2.24) is 15.1 Å². The van der Waals surface area contributed by atoms with Crippen LogP contribution in [-0.4, -0.2) is 16.3 Å². The fourth-order valence-electron chi connectivity index (χ4n) is 2.13. The van der Waals surface area contributed by atoms with Gasteiger partial charge in [-0.15, -0.1) is 0 Å². The standard InChI is InChI=1S/C12H21N3/c1-10(2)12(5-6-12)9-13-8-11-4-7-14-15(11)3/h4,7,10,13H,5-6,8-9H2,1-3H3. The van der Waals surface area contributed by atoms with Crippen molar-refractivity contribution in [2.24, 2.45) is 18.4 Å². The predicted molar refractivity (Wildman–Crippen MR) is 61.4 cm³/mol. The van der Waals surface area contributed by atoms with Crippen LogP contribution in [0, 0.1) is 11.3 Å². The van der Waals surface area contributed by atoms with Gasteiger partial charge < -0.3 is 5.32 Å². The van der Waals surface area contributed by atoms with Crippen molar-refractivity contribution in [2.75, 3.05) is 6.54 Å². The van der Waals surface area contributed by atoms with E-state index < -0.39 is 0 Å². The van der Waals surface area contributed by atoms with E-state index >= 15 is 0 Å². The van der Waals surface area contributed by atoms with E-state index in [0.29, 0.717) is 5.41 Å². The van der Waals surface area contributed by atoms with Gasteiger partial charge in [0.2, 0.25) is 0 Å². The summed E-state index contributed by atoms with van der Waals surface area (Å²) < 4.78 is 1.93. The number of hydrogen-bond donors (Lipinski definition) is 1. The molecule has 84 valence electrons. The summed E-state index contributed by atoms with van der Waals surface area (Å²) in [4.78, 5) is 0. The van der Waals surface area contributed by atoms with Gasteiger partial charge in [0.1, 0.15) is 0 Å². The first-order valence-corrected chi connectivity index (χ1v) is 5.82. The summed E-state index contributed by atoms with van der Waals surface area (Å²) >= 11 is 0. The summed E-state index contributed by atoms with van der Waals surface area (Å²) in [7, 11) is 1.99. The Hall–Kier alpha value is -0.830. The quantitative estimate of drug-likeness (QED) is 0.799.